The lowest BCUT2D eigenvalue weighted by Crippen LogP contribution is -2.21. The molecule has 0 amide bonds. The molecule has 19 heavy (non-hydrogen) atoms. The van der Waals surface area contributed by atoms with Crippen molar-refractivity contribution in [3.05, 3.63) is 42.2 Å². The van der Waals surface area contributed by atoms with Crippen LogP contribution in [0.25, 0.3) is 11.4 Å². The molecule has 1 aromatic heterocycles. The average molecular weight is 257 g/mol. The molecule has 2 rings (SSSR count). The van der Waals surface area contributed by atoms with Crippen molar-refractivity contribution in [3.8, 4) is 17.1 Å². The molecule has 0 aliphatic rings. The van der Waals surface area contributed by atoms with Gasteiger partial charge in [-0.2, -0.15) is 0 Å². The predicted octanol–water partition coefficient (Wildman–Crippen LogP) is 2.43. The van der Waals surface area contributed by atoms with Gasteiger partial charge in [0.1, 0.15) is 5.75 Å². The maximum absolute atomic E-state index is 5.92. The van der Waals surface area contributed by atoms with Gasteiger partial charge in [-0.25, -0.2) is 9.97 Å². The molecule has 0 spiro atoms. The van der Waals surface area contributed by atoms with Crippen molar-refractivity contribution in [2.75, 3.05) is 7.11 Å². The Bertz CT molecular complexity index is 525. The van der Waals surface area contributed by atoms with E-state index in [-0.39, 0.29) is 6.04 Å². The van der Waals surface area contributed by atoms with E-state index < -0.39 is 0 Å². The lowest BCUT2D eigenvalue weighted by Gasteiger charge is -2.08. The van der Waals surface area contributed by atoms with Crippen molar-refractivity contribution in [2.24, 2.45) is 5.73 Å². The van der Waals surface area contributed by atoms with Crippen LogP contribution < -0.4 is 10.5 Å². The van der Waals surface area contributed by atoms with Crippen LogP contribution >= 0.6 is 0 Å². The van der Waals surface area contributed by atoms with Crippen molar-refractivity contribution in [1.82, 2.24) is 9.97 Å². The fraction of sp³-hybridized carbons (Fsp3) is 0.333. The van der Waals surface area contributed by atoms with Crippen LogP contribution in [0.3, 0.4) is 0 Å². The number of rotatable bonds is 5. The molecular formula is C15H19N3O. The summed E-state index contributed by atoms with van der Waals surface area (Å²) in [7, 11) is 1.65. The highest BCUT2D eigenvalue weighted by atomic mass is 16.5. The third kappa shape index (κ3) is 3.51. The third-order valence-electron chi connectivity index (χ3n) is 3.06. The average Bonchev–Trinajstić information content (AvgIpc) is 2.48. The second-order valence-corrected chi connectivity index (χ2v) is 4.52. The minimum Gasteiger partial charge on any atom is -0.497 e. The molecule has 0 radical (unpaired) electrons. The Kier molecular flexibility index (Phi) is 4.47. The summed E-state index contributed by atoms with van der Waals surface area (Å²) >= 11 is 0. The molecule has 1 aromatic carbocycles. The Morgan fingerprint density at radius 3 is 2.63 bits per heavy atom. The summed E-state index contributed by atoms with van der Waals surface area (Å²) in [6.07, 6.45) is 5.46. The van der Waals surface area contributed by atoms with Crippen molar-refractivity contribution >= 4 is 0 Å². The number of ether oxygens (including phenoxy) is 1. The fourth-order valence-electron chi connectivity index (χ4n) is 1.82. The van der Waals surface area contributed by atoms with Crippen LogP contribution in [0.15, 0.2) is 36.7 Å². The number of hydrogen-bond donors (Lipinski definition) is 1. The maximum Gasteiger partial charge on any atom is 0.159 e. The lowest BCUT2D eigenvalue weighted by atomic mass is 10.1. The zero-order valence-electron chi connectivity index (χ0n) is 11.3. The SMILES string of the molecule is CCC(N)Cc1cnc(-c2cccc(OC)c2)nc1. The van der Waals surface area contributed by atoms with E-state index in [4.69, 9.17) is 10.5 Å². The van der Waals surface area contributed by atoms with Crippen LogP contribution in [-0.2, 0) is 6.42 Å². The molecule has 1 unspecified atom stereocenters. The molecule has 0 fully saturated rings. The highest BCUT2D eigenvalue weighted by Crippen LogP contribution is 2.20. The molecule has 2 aromatic rings. The van der Waals surface area contributed by atoms with Gasteiger partial charge in [-0.05, 0) is 30.5 Å². The lowest BCUT2D eigenvalue weighted by molar-refractivity contribution is 0.415. The van der Waals surface area contributed by atoms with Gasteiger partial charge in [-0.3, -0.25) is 0 Å². The summed E-state index contributed by atoms with van der Waals surface area (Å²) in [6.45, 7) is 2.08. The van der Waals surface area contributed by atoms with Gasteiger partial charge >= 0.3 is 0 Å². The Morgan fingerprint density at radius 1 is 1.26 bits per heavy atom. The van der Waals surface area contributed by atoms with Crippen LogP contribution in [0.5, 0.6) is 5.75 Å². The molecular weight excluding hydrogens is 238 g/mol. The van der Waals surface area contributed by atoms with Gasteiger partial charge < -0.3 is 10.5 Å². The summed E-state index contributed by atoms with van der Waals surface area (Å²) in [6, 6.07) is 7.89. The van der Waals surface area contributed by atoms with E-state index in [1.807, 2.05) is 36.7 Å². The zero-order valence-corrected chi connectivity index (χ0v) is 11.3. The molecule has 0 saturated heterocycles. The first-order chi connectivity index (χ1) is 9.22. The van der Waals surface area contributed by atoms with Gasteiger partial charge in [0.2, 0.25) is 0 Å². The van der Waals surface area contributed by atoms with E-state index in [2.05, 4.69) is 16.9 Å². The molecule has 4 heteroatoms. The molecule has 0 aliphatic carbocycles. The van der Waals surface area contributed by atoms with Crippen molar-refractivity contribution in [1.29, 1.82) is 0 Å². The number of benzene rings is 1. The van der Waals surface area contributed by atoms with Gasteiger partial charge in [0.05, 0.1) is 7.11 Å². The molecule has 0 aliphatic heterocycles. The zero-order chi connectivity index (χ0) is 13.7. The smallest absolute Gasteiger partial charge is 0.159 e. The summed E-state index contributed by atoms with van der Waals surface area (Å²) in [5, 5.41) is 0. The maximum atomic E-state index is 5.92. The summed E-state index contributed by atoms with van der Waals surface area (Å²) < 4.78 is 5.20. The normalized spacial score (nSPS) is 12.2. The van der Waals surface area contributed by atoms with Gasteiger partial charge in [0.25, 0.3) is 0 Å². The van der Waals surface area contributed by atoms with E-state index in [9.17, 15) is 0 Å². The van der Waals surface area contributed by atoms with Crippen molar-refractivity contribution < 1.29 is 4.74 Å². The highest BCUT2D eigenvalue weighted by Gasteiger charge is 2.05. The third-order valence-corrected chi connectivity index (χ3v) is 3.06. The Morgan fingerprint density at radius 2 is 2.00 bits per heavy atom. The first-order valence-corrected chi connectivity index (χ1v) is 6.44. The van der Waals surface area contributed by atoms with E-state index >= 15 is 0 Å². The number of nitrogens with zero attached hydrogens (tertiary/aromatic N) is 2. The van der Waals surface area contributed by atoms with Crippen LogP contribution in [0.1, 0.15) is 18.9 Å². The van der Waals surface area contributed by atoms with E-state index in [0.717, 1.165) is 29.7 Å². The van der Waals surface area contributed by atoms with Crippen molar-refractivity contribution in [2.45, 2.75) is 25.8 Å². The monoisotopic (exact) mass is 257 g/mol. The number of methoxy groups -OCH3 is 1. The van der Waals surface area contributed by atoms with Crippen molar-refractivity contribution in [3.63, 3.8) is 0 Å². The molecule has 2 N–H and O–H groups in total. The Labute approximate surface area is 113 Å². The summed E-state index contributed by atoms with van der Waals surface area (Å²) in [4.78, 5) is 8.78. The van der Waals surface area contributed by atoms with Crippen LogP contribution in [0.4, 0.5) is 0 Å². The molecule has 100 valence electrons. The van der Waals surface area contributed by atoms with Gasteiger partial charge in [-0.1, -0.05) is 19.1 Å². The number of aromatic nitrogens is 2. The quantitative estimate of drug-likeness (QED) is 0.893. The Hall–Kier alpha value is -1.94. The molecule has 1 heterocycles. The highest BCUT2D eigenvalue weighted by molar-refractivity contribution is 5.57. The second-order valence-electron chi connectivity index (χ2n) is 4.52. The van der Waals surface area contributed by atoms with Crippen LogP contribution in [0.2, 0.25) is 0 Å². The molecule has 4 nitrogen and oxygen atoms in total. The topological polar surface area (TPSA) is 61.0 Å². The van der Waals surface area contributed by atoms with Gasteiger partial charge in [0.15, 0.2) is 5.82 Å². The molecule has 0 saturated carbocycles. The van der Waals surface area contributed by atoms with Crippen LogP contribution in [-0.4, -0.2) is 23.1 Å². The molecule has 1 atom stereocenters. The largest absolute Gasteiger partial charge is 0.497 e. The van der Waals surface area contributed by atoms with Crippen LogP contribution in [0, 0.1) is 0 Å². The van der Waals surface area contributed by atoms with Gasteiger partial charge in [-0.15, -0.1) is 0 Å². The minimum atomic E-state index is 0.172. The van der Waals surface area contributed by atoms with E-state index in [1.165, 1.54) is 0 Å². The number of hydrogen-bond acceptors (Lipinski definition) is 4. The predicted molar refractivity (Wildman–Crippen MR) is 76.0 cm³/mol. The first kappa shape index (κ1) is 13.5. The molecule has 0 bridgehead atoms. The minimum absolute atomic E-state index is 0.172. The second kappa shape index (κ2) is 6.29. The first-order valence-electron chi connectivity index (χ1n) is 6.44. The van der Waals surface area contributed by atoms with E-state index in [0.29, 0.717) is 5.82 Å². The van der Waals surface area contributed by atoms with E-state index in [1.54, 1.807) is 7.11 Å². The Balaban J connectivity index is 2.17. The number of nitrogens with two attached hydrogens (primary N) is 1. The summed E-state index contributed by atoms with van der Waals surface area (Å²) in [5.41, 5.74) is 7.94. The standard InChI is InChI=1S/C15H19N3O/c1-3-13(16)7-11-9-17-15(18-10-11)12-5-4-6-14(8-12)19-2/h4-6,8-10,13H,3,7,16H2,1-2H3. The fourth-order valence-corrected chi connectivity index (χ4v) is 1.82. The van der Waals surface area contributed by atoms with Gasteiger partial charge in [0, 0.05) is 24.0 Å². The summed E-state index contributed by atoms with van der Waals surface area (Å²) in [5.74, 6) is 1.51.